The third-order valence-electron chi connectivity index (χ3n) is 3.05. The third-order valence-corrected chi connectivity index (χ3v) is 3.78. The summed E-state index contributed by atoms with van der Waals surface area (Å²) in [5.41, 5.74) is 3.16. The van der Waals surface area contributed by atoms with E-state index < -0.39 is 10.0 Å². The van der Waals surface area contributed by atoms with Gasteiger partial charge in [0.25, 0.3) is 0 Å². The lowest BCUT2D eigenvalue weighted by molar-refractivity contribution is 0.240. The van der Waals surface area contributed by atoms with E-state index >= 15 is 0 Å². The molecule has 1 heterocycles. The van der Waals surface area contributed by atoms with Crippen LogP contribution in [0.5, 0.6) is 0 Å². The molecule has 2 amide bonds. The standard InChI is InChI=1S/C14H20N4O3S/c1-10-7-12-8-11(3-4-13(12)18-10)9-16-14(19)15-5-6-17-22(2,20)21/h3-4,7-8,17-18H,5-6,9H2,1-2H3,(H2,15,16,19). The molecule has 0 saturated carbocycles. The van der Waals surface area contributed by atoms with Crippen molar-refractivity contribution in [3.63, 3.8) is 0 Å². The van der Waals surface area contributed by atoms with Crippen molar-refractivity contribution < 1.29 is 13.2 Å². The van der Waals surface area contributed by atoms with E-state index in [1.807, 2.05) is 25.1 Å². The van der Waals surface area contributed by atoms with Crippen LogP contribution >= 0.6 is 0 Å². The van der Waals surface area contributed by atoms with Crippen LogP contribution in [0.1, 0.15) is 11.3 Å². The summed E-state index contributed by atoms with van der Waals surface area (Å²) in [7, 11) is -3.22. The molecule has 1 aromatic heterocycles. The maximum atomic E-state index is 11.6. The highest BCUT2D eigenvalue weighted by Crippen LogP contribution is 2.16. The van der Waals surface area contributed by atoms with E-state index in [1.165, 1.54) is 0 Å². The predicted molar refractivity (Wildman–Crippen MR) is 86.1 cm³/mol. The summed E-state index contributed by atoms with van der Waals surface area (Å²) in [5.74, 6) is 0. The first-order chi connectivity index (χ1) is 10.3. The fourth-order valence-corrected chi connectivity index (χ4v) is 2.57. The molecule has 2 rings (SSSR count). The second-order valence-electron chi connectivity index (χ2n) is 5.15. The van der Waals surface area contributed by atoms with Crippen molar-refractivity contribution in [2.24, 2.45) is 0 Å². The zero-order chi connectivity index (χ0) is 16.2. The molecule has 0 aliphatic heterocycles. The molecule has 1 aromatic carbocycles. The Morgan fingerprint density at radius 3 is 2.68 bits per heavy atom. The van der Waals surface area contributed by atoms with E-state index in [2.05, 4.69) is 26.4 Å². The highest BCUT2D eigenvalue weighted by atomic mass is 32.2. The third kappa shape index (κ3) is 5.05. The predicted octanol–water partition coefficient (Wildman–Crippen LogP) is 0.825. The van der Waals surface area contributed by atoms with Crippen LogP contribution in [0, 0.1) is 6.92 Å². The van der Waals surface area contributed by atoms with Gasteiger partial charge in [-0.2, -0.15) is 0 Å². The van der Waals surface area contributed by atoms with E-state index in [9.17, 15) is 13.2 Å². The van der Waals surface area contributed by atoms with Gasteiger partial charge >= 0.3 is 6.03 Å². The van der Waals surface area contributed by atoms with Gasteiger partial charge in [0.15, 0.2) is 0 Å². The van der Waals surface area contributed by atoms with Gasteiger partial charge < -0.3 is 15.6 Å². The molecule has 0 fully saturated rings. The quantitative estimate of drug-likeness (QED) is 0.592. The van der Waals surface area contributed by atoms with Crippen LogP contribution in [0.25, 0.3) is 10.9 Å². The van der Waals surface area contributed by atoms with Crippen LogP contribution in [-0.2, 0) is 16.6 Å². The van der Waals surface area contributed by atoms with Gasteiger partial charge in [-0.1, -0.05) is 6.07 Å². The molecule has 0 spiro atoms. The van der Waals surface area contributed by atoms with Gasteiger partial charge in [-0.15, -0.1) is 0 Å². The Labute approximate surface area is 129 Å². The summed E-state index contributed by atoms with van der Waals surface area (Å²) < 4.78 is 24.0. The van der Waals surface area contributed by atoms with Crippen molar-refractivity contribution in [3.8, 4) is 0 Å². The summed E-state index contributed by atoms with van der Waals surface area (Å²) in [6, 6.07) is 7.66. The average Bonchev–Trinajstić information content (AvgIpc) is 2.79. The van der Waals surface area contributed by atoms with E-state index in [4.69, 9.17) is 0 Å². The van der Waals surface area contributed by atoms with E-state index in [1.54, 1.807) is 0 Å². The van der Waals surface area contributed by atoms with Gasteiger partial charge in [0, 0.05) is 30.8 Å². The monoisotopic (exact) mass is 324 g/mol. The smallest absolute Gasteiger partial charge is 0.315 e. The number of aromatic amines is 1. The molecule has 0 radical (unpaired) electrons. The van der Waals surface area contributed by atoms with E-state index in [0.717, 1.165) is 28.4 Å². The molecule has 0 unspecified atom stereocenters. The van der Waals surface area contributed by atoms with Gasteiger partial charge in [0.2, 0.25) is 10.0 Å². The number of carbonyl (C=O) groups is 1. The maximum absolute atomic E-state index is 11.6. The first-order valence-electron chi connectivity index (χ1n) is 6.88. The first-order valence-corrected chi connectivity index (χ1v) is 8.77. The minimum Gasteiger partial charge on any atom is -0.359 e. The molecule has 2 aromatic rings. The maximum Gasteiger partial charge on any atom is 0.315 e. The van der Waals surface area contributed by atoms with Crippen molar-refractivity contribution in [2.45, 2.75) is 13.5 Å². The molecule has 22 heavy (non-hydrogen) atoms. The Hall–Kier alpha value is -2.06. The second kappa shape index (κ2) is 6.80. The molecular formula is C14H20N4O3S. The zero-order valence-electron chi connectivity index (χ0n) is 12.6. The summed E-state index contributed by atoms with van der Waals surface area (Å²) in [4.78, 5) is 14.8. The normalized spacial score (nSPS) is 11.5. The number of benzene rings is 1. The second-order valence-corrected chi connectivity index (χ2v) is 6.98. The highest BCUT2D eigenvalue weighted by molar-refractivity contribution is 7.88. The number of amides is 2. The fraction of sp³-hybridized carbons (Fsp3) is 0.357. The zero-order valence-corrected chi connectivity index (χ0v) is 13.4. The van der Waals surface area contributed by atoms with Gasteiger partial charge in [-0.25, -0.2) is 17.9 Å². The molecule has 0 saturated heterocycles. The number of rotatable bonds is 6. The minimum absolute atomic E-state index is 0.167. The molecule has 8 heteroatoms. The minimum atomic E-state index is -3.22. The summed E-state index contributed by atoms with van der Waals surface area (Å²) in [6.45, 7) is 2.80. The number of hydrogen-bond donors (Lipinski definition) is 4. The fourth-order valence-electron chi connectivity index (χ4n) is 2.09. The van der Waals surface area contributed by atoms with Crippen molar-refractivity contribution in [1.29, 1.82) is 0 Å². The molecular weight excluding hydrogens is 304 g/mol. The van der Waals surface area contributed by atoms with Gasteiger partial charge in [-0.3, -0.25) is 0 Å². The SMILES string of the molecule is Cc1cc2cc(CNC(=O)NCCNS(C)(=O)=O)ccc2[nH]1. The highest BCUT2D eigenvalue weighted by Gasteiger charge is 2.03. The van der Waals surface area contributed by atoms with Crippen LogP contribution in [0.15, 0.2) is 24.3 Å². The van der Waals surface area contributed by atoms with E-state index in [0.29, 0.717) is 6.54 Å². The molecule has 120 valence electrons. The number of aromatic nitrogens is 1. The lowest BCUT2D eigenvalue weighted by Gasteiger charge is -2.08. The number of fused-ring (bicyclic) bond motifs is 1. The van der Waals surface area contributed by atoms with Gasteiger partial charge in [0.1, 0.15) is 0 Å². The molecule has 0 aliphatic rings. The van der Waals surface area contributed by atoms with Crippen molar-refractivity contribution in [2.75, 3.05) is 19.3 Å². The molecule has 0 aliphatic carbocycles. The Balaban J connectivity index is 1.77. The van der Waals surface area contributed by atoms with Crippen LogP contribution in [0.2, 0.25) is 0 Å². The Bertz CT molecular complexity index is 767. The van der Waals surface area contributed by atoms with Crippen LogP contribution in [0.4, 0.5) is 4.79 Å². The Kier molecular flexibility index (Phi) is 5.04. The van der Waals surface area contributed by atoms with E-state index in [-0.39, 0.29) is 19.1 Å². The lowest BCUT2D eigenvalue weighted by atomic mass is 10.1. The lowest BCUT2D eigenvalue weighted by Crippen LogP contribution is -2.39. The average molecular weight is 324 g/mol. The van der Waals surface area contributed by atoms with Crippen molar-refractivity contribution in [1.82, 2.24) is 20.3 Å². The molecule has 0 atom stereocenters. The number of H-pyrrole nitrogens is 1. The van der Waals surface area contributed by atoms with Crippen LogP contribution in [-0.4, -0.2) is 38.8 Å². The summed E-state index contributed by atoms with van der Waals surface area (Å²) >= 11 is 0. The number of urea groups is 1. The summed E-state index contributed by atoms with van der Waals surface area (Å²) in [6.07, 6.45) is 1.08. The molecule has 0 bridgehead atoms. The van der Waals surface area contributed by atoms with Crippen LogP contribution in [0.3, 0.4) is 0 Å². The molecule has 4 N–H and O–H groups in total. The Morgan fingerprint density at radius 2 is 1.95 bits per heavy atom. The van der Waals surface area contributed by atoms with Crippen molar-refractivity contribution >= 4 is 27.0 Å². The number of aryl methyl sites for hydroxylation is 1. The van der Waals surface area contributed by atoms with Gasteiger partial charge in [0.05, 0.1) is 6.26 Å². The summed E-state index contributed by atoms with van der Waals surface area (Å²) in [5, 5.41) is 6.42. The number of sulfonamides is 1. The molecule has 7 nitrogen and oxygen atoms in total. The topological polar surface area (TPSA) is 103 Å². The first kappa shape index (κ1) is 16.3. The number of hydrogen-bond acceptors (Lipinski definition) is 3. The number of carbonyl (C=O) groups excluding carboxylic acids is 1. The van der Waals surface area contributed by atoms with Gasteiger partial charge in [-0.05, 0) is 36.1 Å². The number of nitrogens with one attached hydrogen (secondary N) is 4. The Morgan fingerprint density at radius 1 is 1.18 bits per heavy atom. The van der Waals surface area contributed by atoms with Crippen molar-refractivity contribution in [3.05, 3.63) is 35.5 Å². The van der Waals surface area contributed by atoms with Crippen LogP contribution < -0.4 is 15.4 Å². The largest absolute Gasteiger partial charge is 0.359 e.